The predicted octanol–water partition coefficient (Wildman–Crippen LogP) is 1.82. The van der Waals surface area contributed by atoms with Crippen LogP contribution in [0.15, 0.2) is 17.2 Å². The molecule has 0 bridgehead atoms. The summed E-state index contributed by atoms with van der Waals surface area (Å²) in [5.41, 5.74) is 2.91. The largest absolute Gasteiger partial charge is 0.493 e. The number of hydrogen-bond acceptors (Lipinski definition) is 6. The first kappa shape index (κ1) is 17.6. The summed E-state index contributed by atoms with van der Waals surface area (Å²) >= 11 is 4.95. The van der Waals surface area contributed by atoms with Gasteiger partial charge in [0.25, 0.3) is 0 Å². The number of ether oxygens (including phenoxy) is 2. The van der Waals surface area contributed by atoms with Crippen LogP contribution in [0, 0.1) is 10.1 Å². The number of hydrogen-bond donors (Lipinski definition) is 2. The second-order valence-electron chi connectivity index (χ2n) is 3.99. The normalized spacial score (nSPS) is 10.3. The van der Waals surface area contributed by atoms with E-state index < -0.39 is 4.92 Å². The molecule has 0 saturated carbocycles. The highest BCUT2D eigenvalue weighted by atomic mass is 32.1. The first-order valence-electron chi connectivity index (χ1n) is 6.59. The van der Waals surface area contributed by atoms with E-state index in [1.807, 2.05) is 6.92 Å². The van der Waals surface area contributed by atoms with Gasteiger partial charge in [-0.15, -0.1) is 0 Å². The highest BCUT2D eigenvalue weighted by molar-refractivity contribution is 7.80. The summed E-state index contributed by atoms with van der Waals surface area (Å²) in [7, 11) is 1.42. The molecule has 9 heteroatoms. The Bertz CT molecular complexity index is 577. The second-order valence-corrected chi connectivity index (χ2v) is 4.40. The molecule has 0 heterocycles. The predicted molar refractivity (Wildman–Crippen MR) is 87.8 cm³/mol. The lowest BCUT2D eigenvalue weighted by molar-refractivity contribution is -0.385. The van der Waals surface area contributed by atoms with Gasteiger partial charge in [0.15, 0.2) is 10.9 Å². The summed E-state index contributed by atoms with van der Waals surface area (Å²) in [5, 5.41) is 18.3. The molecule has 0 aliphatic rings. The Morgan fingerprint density at radius 2 is 2.23 bits per heavy atom. The fourth-order valence-corrected chi connectivity index (χ4v) is 1.82. The Kier molecular flexibility index (Phi) is 7.03. The number of nitrogens with zero attached hydrogens (tertiary/aromatic N) is 2. The summed E-state index contributed by atoms with van der Waals surface area (Å²) in [6.45, 7) is 4.61. The molecule has 0 spiro atoms. The quantitative estimate of drug-likeness (QED) is 0.341. The van der Waals surface area contributed by atoms with Crippen molar-refractivity contribution in [2.24, 2.45) is 5.10 Å². The van der Waals surface area contributed by atoms with E-state index in [0.717, 1.165) is 0 Å². The van der Waals surface area contributed by atoms with Gasteiger partial charge in [-0.25, -0.2) is 0 Å². The molecule has 22 heavy (non-hydrogen) atoms. The molecule has 2 N–H and O–H groups in total. The third-order valence-electron chi connectivity index (χ3n) is 2.48. The van der Waals surface area contributed by atoms with Gasteiger partial charge in [-0.1, -0.05) is 0 Å². The number of methoxy groups -OCH3 is 1. The van der Waals surface area contributed by atoms with Crippen molar-refractivity contribution in [3.63, 3.8) is 0 Å². The van der Waals surface area contributed by atoms with Crippen molar-refractivity contribution in [1.29, 1.82) is 0 Å². The van der Waals surface area contributed by atoms with Crippen LogP contribution in [0.2, 0.25) is 0 Å². The van der Waals surface area contributed by atoms with Gasteiger partial charge in [-0.2, -0.15) is 5.10 Å². The third kappa shape index (κ3) is 4.85. The van der Waals surface area contributed by atoms with Crippen molar-refractivity contribution < 1.29 is 14.4 Å². The van der Waals surface area contributed by atoms with Crippen molar-refractivity contribution in [2.75, 3.05) is 20.3 Å². The summed E-state index contributed by atoms with van der Waals surface area (Å²) in [6.07, 6.45) is 1.41. The minimum Gasteiger partial charge on any atom is -0.493 e. The van der Waals surface area contributed by atoms with Crippen LogP contribution >= 0.6 is 12.2 Å². The zero-order valence-corrected chi connectivity index (χ0v) is 13.4. The maximum atomic E-state index is 11.2. The van der Waals surface area contributed by atoms with Crippen molar-refractivity contribution in [3.8, 4) is 11.5 Å². The Morgan fingerprint density at radius 3 is 2.77 bits per heavy atom. The fourth-order valence-electron chi connectivity index (χ4n) is 1.62. The van der Waals surface area contributed by atoms with Crippen LogP contribution in [0.4, 0.5) is 5.69 Å². The van der Waals surface area contributed by atoms with E-state index in [-0.39, 0.29) is 17.2 Å². The number of hydrazone groups is 1. The van der Waals surface area contributed by atoms with Gasteiger partial charge in [-0.3, -0.25) is 15.5 Å². The van der Waals surface area contributed by atoms with Gasteiger partial charge < -0.3 is 14.8 Å². The monoisotopic (exact) mass is 326 g/mol. The highest BCUT2D eigenvalue weighted by Gasteiger charge is 2.21. The van der Waals surface area contributed by atoms with E-state index in [0.29, 0.717) is 23.8 Å². The van der Waals surface area contributed by atoms with Crippen LogP contribution in [0.5, 0.6) is 11.5 Å². The molecule has 8 nitrogen and oxygen atoms in total. The number of rotatable bonds is 7. The molecule has 0 radical (unpaired) electrons. The van der Waals surface area contributed by atoms with Crippen LogP contribution in [-0.4, -0.2) is 36.5 Å². The van der Waals surface area contributed by atoms with E-state index in [9.17, 15) is 10.1 Å². The highest BCUT2D eigenvalue weighted by Crippen LogP contribution is 2.37. The Hall–Kier alpha value is -2.42. The Balaban J connectivity index is 3.06. The van der Waals surface area contributed by atoms with Crippen LogP contribution in [0.1, 0.15) is 19.4 Å². The Morgan fingerprint density at radius 1 is 1.50 bits per heavy atom. The van der Waals surface area contributed by atoms with Crippen molar-refractivity contribution in [3.05, 3.63) is 27.8 Å². The summed E-state index contributed by atoms with van der Waals surface area (Å²) in [5.74, 6) is 0.370. The smallest absolute Gasteiger partial charge is 0.315 e. The average Bonchev–Trinajstić information content (AvgIpc) is 2.48. The summed E-state index contributed by atoms with van der Waals surface area (Å²) < 4.78 is 10.4. The first-order valence-corrected chi connectivity index (χ1v) is 7.00. The van der Waals surface area contributed by atoms with Crippen molar-refractivity contribution in [2.45, 2.75) is 13.8 Å². The van der Waals surface area contributed by atoms with Gasteiger partial charge >= 0.3 is 5.69 Å². The molecular weight excluding hydrogens is 308 g/mol. The zero-order valence-electron chi connectivity index (χ0n) is 12.6. The zero-order chi connectivity index (χ0) is 16.5. The van der Waals surface area contributed by atoms with E-state index in [2.05, 4.69) is 15.8 Å². The first-order chi connectivity index (χ1) is 10.5. The van der Waals surface area contributed by atoms with Crippen LogP contribution < -0.4 is 20.2 Å². The lowest BCUT2D eigenvalue weighted by Gasteiger charge is -2.10. The molecule has 0 aliphatic carbocycles. The van der Waals surface area contributed by atoms with Crippen LogP contribution in [0.25, 0.3) is 0 Å². The number of benzene rings is 1. The molecule has 0 aromatic heterocycles. The molecule has 0 fully saturated rings. The molecule has 0 atom stereocenters. The van der Waals surface area contributed by atoms with Gasteiger partial charge in [0.2, 0.25) is 5.75 Å². The van der Waals surface area contributed by atoms with E-state index in [1.54, 1.807) is 13.0 Å². The maximum absolute atomic E-state index is 11.2. The molecule has 0 aliphatic heterocycles. The maximum Gasteiger partial charge on any atom is 0.315 e. The number of nitrogens with one attached hydrogen (secondary N) is 2. The molecule has 0 amide bonds. The van der Waals surface area contributed by atoms with E-state index in [1.165, 1.54) is 19.4 Å². The molecule has 0 saturated heterocycles. The van der Waals surface area contributed by atoms with E-state index in [4.69, 9.17) is 21.7 Å². The van der Waals surface area contributed by atoms with Gasteiger partial charge in [0, 0.05) is 18.2 Å². The lowest BCUT2D eigenvalue weighted by Crippen LogP contribution is -2.31. The van der Waals surface area contributed by atoms with Crippen molar-refractivity contribution >= 4 is 29.2 Å². The topological polar surface area (TPSA) is 98.0 Å². The van der Waals surface area contributed by atoms with Crippen LogP contribution in [-0.2, 0) is 0 Å². The molecule has 120 valence electrons. The molecule has 1 aromatic rings. The van der Waals surface area contributed by atoms with Crippen LogP contribution in [0.3, 0.4) is 0 Å². The molecular formula is C13H18N4O4S. The molecule has 0 unspecified atom stereocenters. The lowest BCUT2D eigenvalue weighted by atomic mass is 10.2. The third-order valence-corrected chi connectivity index (χ3v) is 2.72. The SMILES string of the molecule is CCNC(=S)N/N=C/c1cc(OC)c(OCC)c([N+](=O)[O-])c1. The summed E-state index contributed by atoms with van der Waals surface area (Å²) in [4.78, 5) is 10.6. The van der Waals surface area contributed by atoms with Gasteiger partial charge in [-0.05, 0) is 32.1 Å². The van der Waals surface area contributed by atoms with E-state index >= 15 is 0 Å². The van der Waals surface area contributed by atoms with Crippen molar-refractivity contribution in [1.82, 2.24) is 10.7 Å². The minimum absolute atomic E-state index is 0.100. The molecule has 1 aromatic carbocycles. The number of nitro groups is 1. The fraction of sp³-hybridized carbons (Fsp3) is 0.385. The second kappa shape index (κ2) is 8.78. The number of thiocarbonyl (C=S) groups is 1. The average molecular weight is 326 g/mol. The van der Waals surface area contributed by atoms with Gasteiger partial charge in [0.05, 0.1) is 24.9 Å². The minimum atomic E-state index is -0.526. The Labute approximate surface area is 133 Å². The standard InChI is InChI=1S/C13H18N4O4S/c1-4-14-13(22)16-15-8-9-6-10(17(18)19)12(21-5-2)11(7-9)20-3/h6-8H,4-5H2,1-3H3,(H2,14,16,22)/b15-8+. The van der Waals surface area contributed by atoms with Gasteiger partial charge in [0.1, 0.15) is 0 Å². The number of nitro benzene ring substituents is 1. The molecule has 1 rings (SSSR count). The summed E-state index contributed by atoms with van der Waals surface area (Å²) in [6, 6.07) is 2.95.